The van der Waals surface area contributed by atoms with Gasteiger partial charge < -0.3 is 9.84 Å². The van der Waals surface area contributed by atoms with E-state index in [0.717, 1.165) is 0 Å². The second-order valence-corrected chi connectivity index (χ2v) is 8.32. The quantitative estimate of drug-likeness (QED) is 0.202. The number of hydrogen-bond acceptors (Lipinski definition) is 7. The first-order valence-corrected chi connectivity index (χ1v) is 10.5. The summed E-state index contributed by atoms with van der Waals surface area (Å²) in [7, 11) is -8.06. The van der Waals surface area contributed by atoms with Crippen LogP contribution in [-0.2, 0) is 34.6 Å². The van der Waals surface area contributed by atoms with Gasteiger partial charge in [-0.2, -0.15) is 16.8 Å². The lowest BCUT2D eigenvalue weighted by Crippen LogP contribution is -2.11. The van der Waals surface area contributed by atoms with Crippen LogP contribution in [0.2, 0.25) is 0 Å². The number of allylic oxidation sites excluding steroid dienone is 1. The summed E-state index contributed by atoms with van der Waals surface area (Å²) in [5, 5.41) is 7.89. The zero-order valence-electron chi connectivity index (χ0n) is 14.5. The molecule has 12 heteroatoms. The van der Waals surface area contributed by atoms with Crippen LogP contribution in [0.1, 0.15) is 33.1 Å². The highest BCUT2D eigenvalue weighted by atomic mass is 32.2. The molecule has 0 fully saturated rings. The largest absolute Gasteiger partial charge is 0.478 e. The molecule has 0 radical (unpaired) electrons. The summed E-state index contributed by atoms with van der Waals surface area (Å²) >= 11 is 0. The summed E-state index contributed by atoms with van der Waals surface area (Å²) in [5.74, 6) is -2.46. The van der Waals surface area contributed by atoms with E-state index in [9.17, 15) is 26.4 Å². The molecule has 0 aliphatic carbocycles. The lowest BCUT2D eigenvalue weighted by molar-refractivity contribution is -0.139. The number of esters is 1. The Balaban J connectivity index is 0. The van der Waals surface area contributed by atoms with Crippen LogP contribution in [0.15, 0.2) is 23.8 Å². The molecule has 0 saturated carbocycles. The van der Waals surface area contributed by atoms with E-state index in [0.29, 0.717) is 0 Å². The van der Waals surface area contributed by atoms with Crippen molar-refractivity contribution in [2.75, 3.05) is 18.1 Å². The molecule has 0 aliphatic heterocycles. The van der Waals surface area contributed by atoms with Crippen molar-refractivity contribution in [1.82, 2.24) is 0 Å². The molecule has 0 heterocycles. The second kappa shape index (κ2) is 12.6. The molecule has 0 aromatic carbocycles. The zero-order chi connectivity index (χ0) is 21.0. The Bertz CT molecular complexity index is 705. The van der Waals surface area contributed by atoms with Gasteiger partial charge in [-0.25, -0.2) is 9.59 Å². The van der Waals surface area contributed by atoms with Gasteiger partial charge in [-0.1, -0.05) is 12.7 Å². The molecular weight excluding hydrogens is 392 g/mol. The molecule has 0 bridgehead atoms. The third kappa shape index (κ3) is 20.3. The highest BCUT2D eigenvalue weighted by Crippen LogP contribution is 2.03. The molecule has 10 nitrogen and oxygen atoms in total. The molecule has 152 valence electrons. The fraction of sp³-hybridized carbons (Fsp3) is 0.571. The smallest absolute Gasteiger partial charge is 0.333 e. The van der Waals surface area contributed by atoms with Gasteiger partial charge in [0.2, 0.25) is 0 Å². The Hall–Kier alpha value is -1.76. The van der Waals surface area contributed by atoms with Crippen molar-refractivity contribution in [3.05, 3.63) is 23.8 Å². The van der Waals surface area contributed by atoms with Crippen LogP contribution in [0.3, 0.4) is 0 Å². The lowest BCUT2D eigenvalue weighted by atomic mass is 10.2. The van der Waals surface area contributed by atoms with E-state index < -0.39 is 37.9 Å². The number of ether oxygens (including phenoxy) is 1. The van der Waals surface area contributed by atoms with Crippen LogP contribution in [0, 0.1) is 0 Å². The van der Waals surface area contributed by atoms with Gasteiger partial charge in [0.15, 0.2) is 0 Å². The van der Waals surface area contributed by atoms with Gasteiger partial charge in [0, 0.05) is 11.1 Å². The van der Waals surface area contributed by atoms with Crippen molar-refractivity contribution in [2.45, 2.75) is 33.1 Å². The number of unbranched alkanes of at least 4 members (excludes halogenated alkanes) is 1. The van der Waals surface area contributed by atoms with Crippen LogP contribution in [0.5, 0.6) is 0 Å². The second-order valence-electron chi connectivity index (χ2n) is 5.18. The van der Waals surface area contributed by atoms with Crippen molar-refractivity contribution >= 4 is 32.2 Å². The minimum absolute atomic E-state index is 0.0133. The predicted octanol–water partition coefficient (Wildman–Crippen LogP) is 1.07. The monoisotopic (exact) mass is 416 g/mol. The van der Waals surface area contributed by atoms with Crippen molar-refractivity contribution in [3.63, 3.8) is 0 Å². The Morgan fingerprint density at radius 3 is 1.81 bits per heavy atom. The number of carboxylic acids is 1. The van der Waals surface area contributed by atoms with Crippen LogP contribution >= 0.6 is 0 Å². The van der Waals surface area contributed by atoms with E-state index in [-0.39, 0.29) is 42.8 Å². The maximum absolute atomic E-state index is 11.4. The highest BCUT2D eigenvalue weighted by molar-refractivity contribution is 7.86. The van der Waals surface area contributed by atoms with Gasteiger partial charge in [0.25, 0.3) is 20.2 Å². The van der Waals surface area contributed by atoms with Crippen molar-refractivity contribution in [2.24, 2.45) is 0 Å². The molecule has 0 spiro atoms. The van der Waals surface area contributed by atoms with Gasteiger partial charge in [0.05, 0.1) is 18.1 Å². The van der Waals surface area contributed by atoms with Crippen LogP contribution in [0.4, 0.5) is 0 Å². The standard InChI is InChI=1S/C10H18O8S2.C4H6O2/c1-9(5-2-3-7-19(12,13)14)10(11)18-6-4-8-20(15,16)17;1-3(2)4(5)6/h5H,2-4,6-8H2,1H3,(H,12,13,14)(H,15,16,17);1H2,2H3,(H,5,6). The third-order valence-corrected chi connectivity index (χ3v) is 4.13. The number of carbonyl (C=O) groups excluding carboxylic acids is 1. The third-order valence-electron chi connectivity index (χ3n) is 2.52. The number of carboxylic acid groups (broad SMARTS) is 1. The van der Waals surface area contributed by atoms with E-state index in [1.165, 1.54) is 19.9 Å². The highest BCUT2D eigenvalue weighted by Gasteiger charge is 2.08. The van der Waals surface area contributed by atoms with Gasteiger partial charge in [-0.3, -0.25) is 9.11 Å². The maximum Gasteiger partial charge on any atom is 0.333 e. The van der Waals surface area contributed by atoms with E-state index in [2.05, 4.69) is 6.58 Å². The summed E-state index contributed by atoms with van der Waals surface area (Å²) < 4.78 is 63.4. The average molecular weight is 416 g/mol. The molecule has 0 rings (SSSR count). The fourth-order valence-electron chi connectivity index (χ4n) is 1.19. The Morgan fingerprint density at radius 1 is 1.00 bits per heavy atom. The first kappa shape index (κ1) is 26.5. The minimum atomic E-state index is -4.06. The minimum Gasteiger partial charge on any atom is -0.478 e. The number of hydrogen-bond donors (Lipinski definition) is 3. The Kier molecular flexibility index (Phi) is 12.8. The maximum atomic E-state index is 11.4. The summed E-state index contributed by atoms with van der Waals surface area (Å²) in [6.07, 6.45) is 1.91. The Labute approximate surface area is 153 Å². The van der Waals surface area contributed by atoms with Crippen LogP contribution in [-0.4, -0.2) is 61.1 Å². The van der Waals surface area contributed by atoms with Gasteiger partial charge in [-0.05, 0) is 33.1 Å². The SMILES string of the molecule is C=C(C)C(=O)O.CC(=CCCCS(=O)(=O)O)C(=O)OCCCS(=O)(=O)O. The van der Waals surface area contributed by atoms with E-state index in [1.807, 2.05) is 0 Å². The molecule has 0 saturated heterocycles. The molecular formula is C14H24O10S2. The fourth-order valence-corrected chi connectivity index (χ4v) is 2.20. The van der Waals surface area contributed by atoms with Crippen LogP contribution in [0.25, 0.3) is 0 Å². The molecule has 26 heavy (non-hydrogen) atoms. The van der Waals surface area contributed by atoms with Gasteiger partial charge in [-0.15, -0.1) is 0 Å². The molecule has 0 aliphatic rings. The topological polar surface area (TPSA) is 172 Å². The summed E-state index contributed by atoms with van der Waals surface area (Å²) in [6, 6.07) is 0. The molecule has 0 aromatic rings. The summed E-state index contributed by atoms with van der Waals surface area (Å²) in [5.41, 5.74) is 0.433. The van der Waals surface area contributed by atoms with E-state index in [1.54, 1.807) is 0 Å². The van der Waals surface area contributed by atoms with Gasteiger partial charge in [0.1, 0.15) is 0 Å². The molecule has 0 amide bonds. The first-order valence-electron chi connectivity index (χ1n) is 7.28. The van der Waals surface area contributed by atoms with Gasteiger partial charge >= 0.3 is 11.9 Å². The lowest BCUT2D eigenvalue weighted by Gasteiger charge is -2.04. The molecule has 0 unspecified atom stereocenters. The van der Waals surface area contributed by atoms with E-state index >= 15 is 0 Å². The van der Waals surface area contributed by atoms with Crippen molar-refractivity contribution < 1.29 is 45.4 Å². The zero-order valence-corrected chi connectivity index (χ0v) is 16.2. The van der Waals surface area contributed by atoms with E-state index in [4.69, 9.17) is 18.9 Å². The first-order chi connectivity index (χ1) is 11.7. The molecule has 0 atom stereocenters. The normalized spacial score (nSPS) is 11.9. The molecule has 0 aromatic heterocycles. The Morgan fingerprint density at radius 2 is 1.42 bits per heavy atom. The summed E-state index contributed by atoms with van der Waals surface area (Å²) in [4.78, 5) is 21.0. The summed E-state index contributed by atoms with van der Waals surface area (Å²) in [6.45, 7) is 5.93. The van der Waals surface area contributed by atoms with Crippen LogP contribution < -0.4 is 0 Å². The average Bonchev–Trinajstić information content (AvgIpc) is 2.46. The van der Waals surface area contributed by atoms with Crippen molar-refractivity contribution in [1.29, 1.82) is 0 Å². The number of rotatable bonds is 10. The number of carbonyl (C=O) groups is 2. The van der Waals surface area contributed by atoms with Crippen molar-refractivity contribution in [3.8, 4) is 0 Å². The number of aliphatic carboxylic acids is 1. The molecule has 3 N–H and O–H groups in total. The predicted molar refractivity (Wildman–Crippen MR) is 93.8 cm³/mol.